The summed E-state index contributed by atoms with van der Waals surface area (Å²) < 4.78 is 1.81. The van der Waals surface area contributed by atoms with E-state index in [4.69, 9.17) is 11.6 Å². The molecule has 1 aliphatic rings. The molecule has 1 N–H and O–H groups in total. The van der Waals surface area contributed by atoms with Crippen LogP contribution in [-0.2, 0) is 7.05 Å². The number of aromatic nitrogens is 3. The first-order valence-corrected chi connectivity index (χ1v) is 9.29. The van der Waals surface area contributed by atoms with Crippen LogP contribution in [0.2, 0.25) is 5.15 Å². The zero-order valence-electron chi connectivity index (χ0n) is 15.6. The molecule has 0 saturated heterocycles. The van der Waals surface area contributed by atoms with Crippen molar-refractivity contribution in [2.45, 2.75) is 38.6 Å². The monoisotopic (exact) mass is 361 g/mol. The SMILES string of the molecule is CN(C)CC1(C)CCC(Nc2cc(Cl)ncc2-c2ccn(C)n2)CC1. The number of rotatable bonds is 5. The average molecular weight is 362 g/mol. The van der Waals surface area contributed by atoms with E-state index in [9.17, 15) is 0 Å². The summed E-state index contributed by atoms with van der Waals surface area (Å²) in [5, 5.41) is 8.72. The van der Waals surface area contributed by atoms with Gasteiger partial charge in [-0.05, 0) is 57.3 Å². The van der Waals surface area contributed by atoms with Gasteiger partial charge in [0.2, 0.25) is 0 Å². The third kappa shape index (κ3) is 4.53. The first-order valence-electron chi connectivity index (χ1n) is 8.91. The molecule has 136 valence electrons. The first kappa shape index (κ1) is 18.2. The molecule has 1 fully saturated rings. The summed E-state index contributed by atoms with van der Waals surface area (Å²) in [5.74, 6) is 0. The lowest BCUT2D eigenvalue weighted by molar-refractivity contribution is 0.149. The molecule has 2 aromatic heterocycles. The van der Waals surface area contributed by atoms with Gasteiger partial charge in [-0.3, -0.25) is 4.68 Å². The summed E-state index contributed by atoms with van der Waals surface area (Å²) in [7, 11) is 6.24. The molecule has 0 aromatic carbocycles. The molecule has 5 nitrogen and oxygen atoms in total. The second-order valence-electron chi connectivity index (χ2n) is 7.89. The van der Waals surface area contributed by atoms with Crippen LogP contribution in [0.1, 0.15) is 32.6 Å². The minimum atomic E-state index is 0.418. The van der Waals surface area contributed by atoms with Crippen molar-refractivity contribution < 1.29 is 0 Å². The van der Waals surface area contributed by atoms with E-state index in [2.05, 4.69) is 41.3 Å². The summed E-state index contributed by atoms with van der Waals surface area (Å²) in [6.45, 7) is 3.56. The summed E-state index contributed by atoms with van der Waals surface area (Å²) >= 11 is 6.15. The largest absolute Gasteiger partial charge is 0.382 e. The van der Waals surface area contributed by atoms with Gasteiger partial charge < -0.3 is 10.2 Å². The molecule has 2 heterocycles. The molecule has 25 heavy (non-hydrogen) atoms. The topological polar surface area (TPSA) is 46.0 Å². The number of hydrogen-bond donors (Lipinski definition) is 1. The minimum absolute atomic E-state index is 0.418. The zero-order chi connectivity index (χ0) is 18.0. The van der Waals surface area contributed by atoms with Crippen LogP contribution in [0, 0.1) is 5.41 Å². The van der Waals surface area contributed by atoms with Crippen LogP contribution in [0.4, 0.5) is 5.69 Å². The molecule has 0 bridgehead atoms. The quantitative estimate of drug-likeness (QED) is 0.816. The molecular weight excluding hydrogens is 334 g/mol. The Bertz CT molecular complexity index is 716. The Morgan fingerprint density at radius 1 is 1.36 bits per heavy atom. The predicted molar refractivity (Wildman–Crippen MR) is 104 cm³/mol. The maximum Gasteiger partial charge on any atom is 0.131 e. The molecule has 0 atom stereocenters. The molecule has 0 amide bonds. The number of pyridine rings is 1. The molecular formula is C19H28ClN5. The second-order valence-corrected chi connectivity index (χ2v) is 8.28. The van der Waals surface area contributed by atoms with E-state index in [1.807, 2.05) is 31.6 Å². The van der Waals surface area contributed by atoms with Gasteiger partial charge in [0.25, 0.3) is 0 Å². The standard InChI is InChI=1S/C19H28ClN5/c1-19(13-24(2)3)8-5-14(6-9-19)22-17-11-18(20)21-12-15(17)16-7-10-25(4)23-16/h7,10-12,14H,5-6,8-9,13H2,1-4H3,(H,21,22). The van der Waals surface area contributed by atoms with Crippen molar-refractivity contribution >= 4 is 17.3 Å². The van der Waals surface area contributed by atoms with Crippen molar-refractivity contribution in [3.8, 4) is 11.3 Å². The van der Waals surface area contributed by atoms with Gasteiger partial charge in [-0.2, -0.15) is 5.10 Å². The van der Waals surface area contributed by atoms with Crippen LogP contribution in [0.5, 0.6) is 0 Å². The molecule has 1 aliphatic carbocycles. The molecule has 0 radical (unpaired) electrons. The smallest absolute Gasteiger partial charge is 0.131 e. The first-order chi connectivity index (χ1) is 11.8. The maximum absolute atomic E-state index is 6.15. The lowest BCUT2D eigenvalue weighted by Crippen LogP contribution is -2.38. The Morgan fingerprint density at radius 2 is 2.08 bits per heavy atom. The van der Waals surface area contributed by atoms with E-state index < -0.39 is 0 Å². The van der Waals surface area contributed by atoms with Gasteiger partial charge >= 0.3 is 0 Å². The highest BCUT2D eigenvalue weighted by Gasteiger charge is 2.31. The van der Waals surface area contributed by atoms with Crippen molar-refractivity contribution in [2.24, 2.45) is 12.5 Å². The molecule has 0 spiro atoms. The Balaban J connectivity index is 1.72. The van der Waals surface area contributed by atoms with E-state index in [0.29, 0.717) is 16.6 Å². The van der Waals surface area contributed by atoms with Crippen LogP contribution in [-0.4, -0.2) is 46.3 Å². The summed E-state index contributed by atoms with van der Waals surface area (Å²) in [4.78, 5) is 6.55. The summed E-state index contributed by atoms with van der Waals surface area (Å²) in [6.07, 6.45) is 8.58. The maximum atomic E-state index is 6.15. The molecule has 2 aromatic rings. The van der Waals surface area contributed by atoms with E-state index in [0.717, 1.165) is 23.5 Å². The van der Waals surface area contributed by atoms with Crippen molar-refractivity contribution in [1.82, 2.24) is 19.7 Å². The van der Waals surface area contributed by atoms with Gasteiger partial charge in [0.15, 0.2) is 0 Å². The Hall–Kier alpha value is -1.59. The lowest BCUT2D eigenvalue weighted by Gasteiger charge is -2.39. The number of nitrogens with one attached hydrogen (secondary N) is 1. The highest BCUT2D eigenvalue weighted by molar-refractivity contribution is 6.29. The number of nitrogens with zero attached hydrogens (tertiary/aromatic N) is 4. The van der Waals surface area contributed by atoms with E-state index in [1.54, 1.807) is 4.68 Å². The van der Waals surface area contributed by atoms with Gasteiger partial charge in [-0.15, -0.1) is 0 Å². The van der Waals surface area contributed by atoms with Crippen molar-refractivity contribution in [3.63, 3.8) is 0 Å². The van der Waals surface area contributed by atoms with E-state index in [1.165, 1.54) is 25.7 Å². The Kier molecular flexibility index (Phi) is 5.35. The van der Waals surface area contributed by atoms with Crippen LogP contribution < -0.4 is 5.32 Å². The summed E-state index contributed by atoms with van der Waals surface area (Å²) in [6, 6.07) is 4.39. The van der Waals surface area contributed by atoms with E-state index in [-0.39, 0.29) is 0 Å². The fourth-order valence-corrected chi connectivity index (χ4v) is 4.07. The molecule has 0 aliphatic heterocycles. The highest BCUT2D eigenvalue weighted by atomic mass is 35.5. The predicted octanol–water partition coefficient (Wildman–Crippen LogP) is 4.06. The third-order valence-corrected chi connectivity index (χ3v) is 5.32. The number of aryl methyl sites for hydroxylation is 1. The van der Waals surface area contributed by atoms with Crippen molar-refractivity contribution in [2.75, 3.05) is 26.0 Å². The summed E-state index contributed by atoms with van der Waals surface area (Å²) in [5.41, 5.74) is 3.37. The fourth-order valence-electron chi connectivity index (χ4n) is 3.91. The average Bonchev–Trinajstić information content (AvgIpc) is 2.95. The lowest BCUT2D eigenvalue weighted by atomic mass is 9.73. The van der Waals surface area contributed by atoms with Crippen molar-refractivity contribution in [3.05, 3.63) is 29.7 Å². The second kappa shape index (κ2) is 7.34. The highest BCUT2D eigenvalue weighted by Crippen LogP contribution is 2.38. The van der Waals surface area contributed by atoms with Gasteiger partial charge in [0, 0.05) is 43.3 Å². The van der Waals surface area contributed by atoms with Crippen LogP contribution >= 0.6 is 11.6 Å². The third-order valence-electron chi connectivity index (χ3n) is 5.11. The normalized spacial score (nSPS) is 23.8. The molecule has 1 saturated carbocycles. The van der Waals surface area contributed by atoms with Gasteiger partial charge in [0.1, 0.15) is 5.15 Å². The van der Waals surface area contributed by atoms with Gasteiger partial charge in [-0.1, -0.05) is 18.5 Å². The van der Waals surface area contributed by atoms with Crippen LogP contribution in [0.25, 0.3) is 11.3 Å². The molecule has 0 unspecified atom stereocenters. The molecule has 6 heteroatoms. The number of halogens is 1. The zero-order valence-corrected chi connectivity index (χ0v) is 16.3. The van der Waals surface area contributed by atoms with E-state index >= 15 is 0 Å². The Labute approximate surface area is 155 Å². The fraction of sp³-hybridized carbons (Fsp3) is 0.579. The molecule has 3 rings (SSSR count). The Morgan fingerprint density at radius 3 is 2.68 bits per heavy atom. The van der Waals surface area contributed by atoms with Crippen molar-refractivity contribution in [1.29, 1.82) is 0 Å². The van der Waals surface area contributed by atoms with Gasteiger partial charge in [0.05, 0.1) is 5.69 Å². The minimum Gasteiger partial charge on any atom is -0.382 e. The van der Waals surface area contributed by atoms with Crippen LogP contribution in [0.3, 0.4) is 0 Å². The number of anilines is 1. The number of hydrogen-bond acceptors (Lipinski definition) is 4. The van der Waals surface area contributed by atoms with Gasteiger partial charge in [-0.25, -0.2) is 4.98 Å². The van der Waals surface area contributed by atoms with Crippen LogP contribution in [0.15, 0.2) is 24.5 Å².